The highest BCUT2D eigenvalue weighted by Crippen LogP contribution is 2.24. The molecule has 0 unspecified atom stereocenters. The predicted molar refractivity (Wildman–Crippen MR) is 73.6 cm³/mol. The summed E-state index contributed by atoms with van der Waals surface area (Å²) >= 11 is 5.89. The van der Waals surface area contributed by atoms with Crippen molar-refractivity contribution < 1.29 is 18.3 Å². The van der Waals surface area contributed by atoms with Crippen LogP contribution in [0.5, 0.6) is 0 Å². The third-order valence-electron chi connectivity index (χ3n) is 2.41. The van der Waals surface area contributed by atoms with E-state index in [-0.39, 0.29) is 23.7 Å². The van der Waals surface area contributed by atoms with Gasteiger partial charge in [-0.2, -0.15) is 12.7 Å². The number of hydrogen-bond donors (Lipinski definition) is 2. The monoisotopic (exact) mass is 306 g/mol. The normalized spacial score (nSPS) is 11.6. The zero-order chi connectivity index (χ0) is 14.6. The first-order valence-corrected chi connectivity index (χ1v) is 7.26. The van der Waals surface area contributed by atoms with E-state index in [4.69, 9.17) is 16.7 Å². The minimum absolute atomic E-state index is 0.117. The summed E-state index contributed by atoms with van der Waals surface area (Å²) in [5, 5.41) is 8.81. The first-order chi connectivity index (χ1) is 8.72. The van der Waals surface area contributed by atoms with Crippen molar-refractivity contribution in [1.82, 2.24) is 4.31 Å². The number of nitrogens with zero attached hydrogens (tertiary/aromatic N) is 1. The Hall–Kier alpha value is -1.31. The molecular weight excluding hydrogens is 292 g/mol. The molecule has 0 fully saturated rings. The quantitative estimate of drug-likeness (QED) is 0.837. The fraction of sp³-hybridized carbons (Fsp3) is 0.364. The third-order valence-corrected chi connectivity index (χ3v) is 4.22. The van der Waals surface area contributed by atoms with Crippen LogP contribution in [0, 0.1) is 6.92 Å². The van der Waals surface area contributed by atoms with Gasteiger partial charge in [-0.05, 0) is 24.6 Å². The molecule has 0 atom stereocenters. The van der Waals surface area contributed by atoms with Crippen LogP contribution in [-0.2, 0) is 15.0 Å². The largest absolute Gasteiger partial charge is 0.481 e. The molecule has 0 aliphatic carbocycles. The highest BCUT2D eigenvalue weighted by Gasteiger charge is 2.19. The molecule has 1 aromatic rings. The van der Waals surface area contributed by atoms with E-state index in [1.54, 1.807) is 18.2 Å². The van der Waals surface area contributed by atoms with E-state index < -0.39 is 16.2 Å². The van der Waals surface area contributed by atoms with Gasteiger partial charge in [0.15, 0.2) is 0 Å². The van der Waals surface area contributed by atoms with Gasteiger partial charge in [0.05, 0.1) is 17.1 Å². The van der Waals surface area contributed by atoms with Gasteiger partial charge in [0.1, 0.15) is 0 Å². The molecule has 1 rings (SSSR count). The van der Waals surface area contributed by atoms with E-state index in [9.17, 15) is 13.2 Å². The Bertz CT molecular complexity index is 574. The molecule has 0 heterocycles. The Balaban J connectivity index is 2.84. The number of rotatable bonds is 6. The Kier molecular flexibility index (Phi) is 5.16. The van der Waals surface area contributed by atoms with Gasteiger partial charge < -0.3 is 5.11 Å². The highest BCUT2D eigenvalue weighted by atomic mass is 35.5. The van der Waals surface area contributed by atoms with Crippen LogP contribution in [0.1, 0.15) is 12.0 Å². The minimum Gasteiger partial charge on any atom is -0.481 e. The first kappa shape index (κ1) is 15.7. The van der Waals surface area contributed by atoms with Crippen molar-refractivity contribution in [2.75, 3.05) is 18.3 Å². The van der Waals surface area contributed by atoms with Gasteiger partial charge in [0.2, 0.25) is 0 Å². The Morgan fingerprint density at radius 2 is 2.11 bits per heavy atom. The lowest BCUT2D eigenvalue weighted by molar-refractivity contribution is -0.137. The Labute approximate surface area is 117 Å². The summed E-state index contributed by atoms with van der Waals surface area (Å²) in [7, 11) is -2.51. The third kappa shape index (κ3) is 4.70. The summed E-state index contributed by atoms with van der Waals surface area (Å²) < 4.78 is 27.1. The van der Waals surface area contributed by atoms with Crippen LogP contribution in [0.2, 0.25) is 5.02 Å². The van der Waals surface area contributed by atoms with Crippen molar-refractivity contribution in [2.24, 2.45) is 0 Å². The average molecular weight is 307 g/mol. The molecule has 0 saturated carbocycles. The molecule has 0 spiro atoms. The maximum atomic E-state index is 11.9. The van der Waals surface area contributed by atoms with E-state index in [2.05, 4.69) is 4.72 Å². The second-order valence-electron chi connectivity index (χ2n) is 4.06. The summed E-state index contributed by atoms with van der Waals surface area (Å²) in [5.74, 6) is -1.06. The van der Waals surface area contributed by atoms with Gasteiger partial charge in [-0.15, -0.1) is 0 Å². The van der Waals surface area contributed by atoms with Crippen molar-refractivity contribution in [1.29, 1.82) is 0 Å². The topological polar surface area (TPSA) is 86.7 Å². The van der Waals surface area contributed by atoms with Gasteiger partial charge in [0, 0.05) is 13.6 Å². The van der Waals surface area contributed by atoms with E-state index in [1.807, 2.05) is 6.92 Å². The predicted octanol–water partition coefficient (Wildman–Crippen LogP) is 1.71. The van der Waals surface area contributed by atoms with Gasteiger partial charge >= 0.3 is 16.2 Å². The molecule has 0 aromatic heterocycles. The number of carboxylic acid groups (broad SMARTS) is 1. The lowest BCUT2D eigenvalue weighted by Gasteiger charge is -2.18. The van der Waals surface area contributed by atoms with Gasteiger partial charge in [-0.25, -0.2) is 0 Å². The van der Waals surface area contributed by atoms with E-state index >= 15 is 0 Å². The number of halogens is 1. The lowest BCUT2D eigenvalue weighted by atomic mass is 10.2. The SMILES string of the molecule is Cc1ccc(Cl)c(NS(=O)(=O)N(C)CCC(=O)O)c1. The fourth-order valence-electron chi connectivity index (χ4n) is 1.31. The zero-order valence-corrected chi connectivity index (χ0v) is 12.1. The summed E-state index contributed by atoms with van der Waals surface area (Å²) in [4.78, 5) is 10.4. The van der Waals surface area contributed by atoms with Crippen LogP contribution in [0.15, 0.2) is 18.2 Å². The van der Waals surface area contributed by atoms with E-state index in [0.29, 0.717) is 0 Å². The molecule has 2 N–H and O–H groups in total. The summed E-state index contributed by atoms with van der Waals surface area (Å²) in [6.45, 7) is 1.69. The Morgan fingerprint density at radius 1 is 1.47 bits per heavy atom. The molecule has 0 aliphatic heterocycles. The molecule has 0 saturated heterocycles. The molecule has 6 nitrogen and oxygen atoms in total. The molecule has 8 heteroatoms. The molecule has 0 amide bonds. The lowest BCUT2D eigenvalue weighted by Crippen LogP contribution is -2.34. The standard InChI is InChI=1S/C11H15ClN2O4S/c1-8-3-4-9(12)10(7-8)13-19(17,18)14(2)6-5-11(15)16/h3-4,7,13H,5-6H2,1-2H3,(H,15,16). The van der Waals surface area contributed by atoms with Crippen LogP contribution in [-0.4, -0.2) is 37.4 Å². The van der Waals surface area contributed by atoms with Gasteiger partial charge in [0.25, 0.3) is 0 Å². The zero-order valence-electron chi connectivity index (χ0n) is 10.6. The maximum absolute atomic E-state index is 11.9. The van der Waals surface area contributed by atoms with Crippen molar-refractivity contribution in [3.63, 3.8) is 0 Å². The number of nitrogens with one attached hydrogen (secondary N) is 1. The van der Waals surface area contributed by atoms with Crippen molar-refractivity contribution >= 4 is 33.5 Å². The number of carboxylic acids is 1. The molecule has 0 aliphatic rings. The average Bonchev–Trinajstić information content (AvgIpc) is 2.30. The second-order valence-corrected chi connectivity index (χ2v) is 6.24. The van der Waals surface area contributed by atoms with Crippen LogP contribution in [0.25, 0.3) is 0 Å². The minimum atomic E-state index is -3.81. The number of aryl methyl sites for hydroxylation is 1. The number of hydrogen-bond acceptors (Lipinski definition) is 3. The van der Waals surface area contributed by atoms with E-state index in [1.165, 1.54) is 7.05 Å². The van der Waals surface area contributed by atoms with Crippen molar-refractivity contribution in [3.05, 3.63) is 28.8 Å². The van der Waals surface area contributed by atoms with Crippen molar-refractivity contribution in [3.8, 4) is 0 Å². The Morgan fingerprint density at radius 3 is 2.68 bits per heavy atom. The van der Waals surface area contributed by atoms with Crippen molar-refractivity contribution in [2.45, 2.75) is 13.3 Å². The fourth-order valence-corrected chi connectivity index (χ4v) is 2.46. The van der Waals surface area contributed by atoms with Gasteiger partial charge in [-0.3, -0.25) is 9.52 Å². The summed E-state index contributed by atoms with van der Waals surface area (Å²) in [5.41, 5.74) is 1.12. The van der Waals surface area contributed by atoms with Crippen LogP contribution in [0.3, 0.4) is 0 Å². The number of carbonyl (C=O) groups is 1. The number of aliphatic carboxylic acids is 1. The van der Waals surface area contributed by atoms with Crippen LogP contribution in [0.4, 0.5) is 5.69 Å². The molecule has 1 aromatic carbocycles. The molecule has 0 radical (unpaired) electrons. The van der Waals surface area contributed by atoms with Crippen LogP contribution < -0.4 is 4.72 Å². The molecule has 0 bridgehead atoms. The first-order valence-electron chi connectivity index (χ1n) is 5.44. The second kappa shape index (κ2) is 6.23. The number of benzene rings is 1. The molecule has 19 heavy (non-hydrogen) atoms. The van der Waals surface area contributed by atoms with Gasteiger partial charge in [-0.1, -0.05) is 17.7 Å². The molecule has 106 valence electrons. The summed E-state index contributed by atoms with van der Waals surface area (Å²) in [6.07, 6.45) is -0.265. The van der Waals surface area contributed by atoms with Crippen LogP contribution >= 0.6 is 11.6 Å². The number of anilines is 1. The summed E-state index contributed by atoms with van der Waals surface area (Å²) in [6, 6.07) is 4.95. The molecular formula is C11H15ClN2O4S. The highest BCUT2D eigenvalue weighted by molar-refractivity contribution is 7.90. The maximum Gasteiger partial charge on any atom is 0.304 e. The van der Waals surface area contributed by atoms with E-state index in [0.717, 1.165) is 9.87 Å². The smallest absolute Gasteiger partial charge is 0.304 e.